The summed E-state index contributed by atoms with van der Waals surface area (Å²) in [5, 5.41) is 16.0. The van der Waals surface area contributed by atoms with Gasteiger partial charge in [0.2, 0.25) is 0 Å². The molecule has 6 aromatic rings. The molecule has 1 radical (unpaired) electrons. The molecule has 0 unspecified atom stereocenters. The van der Waals surface area contributed by atoms with Gasteiger partial charge in [-0.15, -0.1) is 0 Å². The standard InChI is InChI=1S/C30H20BO2/c32-31-33-30-27-13-5-3-11-25(27)29(26-12-4-6-14-28(26)30)22-18-16-21(17-19-22)24-15-7-9-20-8-1-2-10-23(20)24/h1-19,32H. The largest absolute Gasteiger partial charge is 0.569 e. The molecular weight excluding hydrogens is 403 g/mol. The number of benzene rings is 6. The van der Waals surface area contributed by atoms with E-state index in [0.29, 0.717) is 5.75 Å². The molecule has 0 amide bonds. The van der Waals surface area contributed by atoms with Crippen molar-refractivity contribution in [2.75, 3.05) is 0 Å². The van der Waals surface area contributed by atoms with E-state index in [9.17, 15) is 5.02 Å². The molecule has 1 N–H and O–H groups in total. The number of hydrogen-bond acceptors (Lipinski definition) is 2. The minimum absolute atomic E-state index is 0.667. The molecule has 6 aromatic carbocycles. The second kappa shape index (κ2) is 8.12. The highest BCUT2D eigenvalue weighted by atomic mass is 16.5. The SMILES string of the molecule is O[B]Oc1c2ccccc2c(-c2ccc(-c3cccc4ccccc34)cc2)c2ccccc12. The van der Waals surface area contributed by atoms with Crippen molar-refractivity contribution in [2.24, 2.45) is 0 Å². The molecule has 0 saturated carbocycles. The Hall–Kier alpha value is -4.08. The van der Waals surface area contributed by atoms with Gasteiger partial charge in [-0.25, -0.2) is 0 Å². The van der Waals surface area contributed by atoms with Crippen molar-refractivity contribution in [3.8, 4) is 28.0 Å². The van der Waals surface area contributed by atoms with Crippen LogP contribution in [0.5, 0.6) is 5.75 Å². The van der Waals surface area contributed by atoms with E-state index >= 15 is 0 Å². The summed E-state index contributed by atoms with van der Waals surface area (Å²) in [6.07, 6.45) is 0. The van der Waals surface area contributed by atoms with Crippen molar-refractivity contribution < 1.29 is 9.68 Å². The van der Waals surface area contributed by atoms with Crippen LogP contribution >= 0.6 is 0 Å². The average Bonchev–Trinajstić information content (AvgIpc) is 2.89. The van der Waals surface area contributed by atoms with E-state index in [1.54, 1.807) is 0 Å². The van der Waals surface area contributed by atoms with Crippen LogP contribution in [-0.2, 0) is 0 Å². The van der Waals surface area contributed by atoms with Crippen LogP contribution in [0.15, 0.2) is 115 Å². The normalized spacial score (nSPS) is 11.2. The van der Waals surface area contributed by atoms with E-state index in [1.165, 1.54) is 21.9 Å². The van der Waals surface area contributed by atoms with Crippen LogP contribution in [0.3, 0.4) is 0 Å². The predicted octanol–water partition coefficient (Wildman–Crippen LogP) is 7.39. The first-order valence-electron chi connectivity index (χ1n) is 11.0. The molecule has 0 saturated heterocycles. The summed E-state index contributed by atoms with van der Waals surface area (Å²) in [4.78, 5) is 0. The topological polar surface area (TPSA) is 29.5 Å². The van der Waals surface area contributed by atoms with Crippen LogP contribution in [0.1, 0.15) is 0 Å². The van der Waals surface area contributed by atoms with Crippen molar-refractivity contribution >= 4 is 40.0 Å². The molecule has 0 aromatic heterocycles. The van der Waals surface area contributed by atoms with Gasteiger partial charge in [0.15, 0.2) is 0 Å². The Labute approximate surface area is 193 Å². The number of rotatable bonds is 4. The van der Waals surface area contributed by atoms with Gasteiger partial charge >= 0.3 is 7.69 Å². The molecule has 0 spiro atoms. The Morgan fingerprint density at radius 1 is 0.485 bits per heavy atom. The van der Waals surface area contributed by atoms with Gasteiger partial charge in [-0.1, -0.05) is 115 Å². The van der Waals surface area contributed by atoms with Gasteiger partial charge in [-0.05, 0) is 43.8 Å². The predicted molar refractivity (Wildman–Crippen MR) is 138 cm³/mol. The molecule has 0 aliphatic heterocycles. The maximum atomic E-state index is 9.39. The molecule has 0 heterocycles. The minimum Gasteiger partial charge on any atom is -0.537 e. The lowest BCUT2D eigenvalue weighted by molar-refractivity contribution is 0.459. The minimum atomic E-state index is 0.667. The van der Waals surface area contributed by atoms with Crippen LogP contribution in [0, 0.1) is 0 Å². The summed E-state index contributed by atoms with van der Waals surface area (Å²) in [6.45, 7) is 0. The second-order valence-corrected chi connectivity index (χ2v) is 8.12. The van der Waals surface area contributed by atoms with Crippen LogP contribution < -0.4 is 4.65 Å². The van der Waals surface area contributed by atoms with Gasteiger partial charge < -0.3 is 9.68 Å². The van der Waals surface area contributed by atoms with Crippen molar-refractivity contribution in [2.45, 2.75) is 0 Å². The van der Waals surface area contributed by atoms with E-state index in [1.807, 2.05) is 36.4 Å². The van der Waals surface area contributed by atoms with Gasteiger partial charge in [0.05, 0.1) is 0 Å². The molecular formula is C30H20BO2. The summed E-state index contributed by atoms with van der Waals surface area (Å²) in [5.74, 6) is 0.667. The van der Waals surface area contributed by atoms with Gasteiger partial charge in [-0.3, -0.25) is 0 Å². The van der Waals surface area contributed by atoms with Crippen molar-refractivity contribution in [1.82, 2.24) is 0 Å². The van der Waals surface area contributed by atoms with E-state index in [-0.39, 0.29) is 0 Å². The van der Waals surface area contributed by atoms with Crippen LogP contribution in [0.2, 0.25) is 0 Å². The summed E-state index contributed by atoms with van der Waals surface area (Å²) < 4.78 is 5.57. The molecule has 0 bridgehead atoms. The zero-order valence-corrected chi connectivity index (χ0v) is 17.9. The lowest BCUT2D eigenvalue weighted by Gasteiger charge is -2.17. The second-order valence-electron chi connectivity index (χ2n) is 8.12. The zero-order chi connectivity index (χ0) is 22.2. The first-order valence-corrected chi connectivity index (χ1v) is 11.0. The van der Waals surface area contributed by atoms with Crippen molar-refractivity contribution in [3.63, 3.8) is 0 Å². The molecule has 0 aliphatic rings. The third-order valence-electron chi connectivity index (χ3n) is 6.33. The van der Waals surface area contributed by atoms with Gasteiger partial charge in [0.1, 0.15) is 5.75 Å². The molecule has 33 heavy (non-hydrogen) atoms. The average molecular weight is 423 g/mol. The Kier molecular flexibility index (Phi) is 4.82. The van der Waals surface area contributed by atoms with Gasteiger partial charge in [0, 0.05) is 10.8 Å². The summed E-state index contributed by atoms with van der Waals surface area (Å²) in [5.41, 5.74) is 4.73. The monoisotopic (exact) mass is 423 g/mol. The van der Waals surface area contributed by atoms with Gasteiger partial charge in [0.25, 0.3) is 0 Å². The lowest BCUT2D eigenvalue weighted by Crippen LogP contribution is -2.02. The van der Waals surface area contributed by atoms with Crippen molar-refractivity contribution in [1.29, 1.82) is 0 Å². The number of fused-ring (bicyclic) bond motifs is 3. The fourth-order valence-electron chi connectivity index (χ4n) is 4.87. The number of hydrogen-bond donors (Lipinski definition) is 1. The molecule has 2 nitrogen and oxygen atoms in total. The van der Waals surface area contributed by atoms with Crippen LogP contribution in [0.4, 0.5) is 0 Å². The Morgan fingerprint density at radius 2 is 1.00 bits per heavy atom. The van der Waals surface area contributed by atoms with Crippen molar-refractivity contribution in [3.05, 3.63) is 115 Å². The molecule has 3 heteroatoms. The fourth-order valence-corrected chi connectivity index (χ4v) is 4.87. The quantitative estimate of drug-likeness (QED) is 0.237. The van der Waals surface area contributed by atoms with E-state index in [2.05, 4.69) is 78.9 Å². The molecule has 0 atom stereocenters. The smallest absolute Gasteiger partial charge is 0.537 e. The maximum absolute atomic E-state index is 9.39. The van der Waals surface area contributed by atoms with E-state index < -0.39 is 0 Å². The molecule has 155 valence electrons. The van der Waals surface area contributed by atoms with Gasteiger partial charge in [-0.2, -0.15) is 0 Å². The zero-order valence-electron chi connectivity index (χ0n) is 17.9. The van der Waals surface area contributed by atoms with E-state index in [4.69, 9.17) is 4.65 Å². The highest BCUT2D eigenvalue weighted by Gasteiger charge is 2.16. The van der Waals surface area contributed by atoms with E-state index in [0.717, 1.165) is 40.4 Å². The highest BCUT2D eigenvalue weighted by molar-refractivity contribution is 6.22. The highest BCUT2D eigenvalue weighted by Crippen LogP contribution is 2.43. The summed E-state index contributed by atoms with van der Waals surface area (Å²) in [6, 6.07) is 40.1. The third kappa shape index (κ3) is 3.26. The Morgan fingerprint density at radius 3 is 1.64 bits per heavy atom. The molecule has 0 fully saturated rings. The maximum Gasteiger partial charge on any atom is 0.569 e. The summed E-state index contributed by atoms with van der Waals surface area (Å²) in [7, 11) is 0.757. The third-order valence-corrected chi connectivity index (χ3v) is 6.33. The molecule has 6 rings (SSSR count). The lowest BCUT2D eigenvalue weighted by atomic mass is 9.90. The van der Waals surface area contributed by atoms with Crippen LogP contribution in [-0.4, -0.2) is 12.7 Å². The fraction of sp³-hybridized carbons (Fsp3) is 0. The summed E-state index contributed by atoms with van der Waals surface area (Å²) >= 11 is 0. The Bertz CT molecular complexity index is 1560. The van der Waals surface area contributed by atoms with Crippen LogP contribution in [0.25, 0.3) is 54.6 Å². The first kappa shape index (κ1) is 19.6. The Balaban J connectivity index is 1.58. The first-order chi connectivity index (χ1) is 16.3. The molecule has 0 aliphatic carbocycles.